The summed E-state index contributed by atoms with van der Waals surface area (Å²) in [5.74, 6) is 0.601. The Morgan fingerprint density at radius 3 is 2.62 bits per heavy atom. The van der Waals surface area contributed by atoms with E-state index in [2.05, 4.69) is 15.6 Å². The molecule has 32 heavy (non-hydrogen) atoms. The fourth-order valence-corrected chi connectivity index (χ4v) is 3.32. The molecule has 162 valence electrons. The summed E-state index contributed by atoms with van der Waals surface area (Å²) in [7, 11) is 0. The number of pyridine rings is 1. The van der Waals surface area contributed by atoms with E-state index >= 15 is 0 Å². The number of carbonyl (C=O) groups excluding carboxylic acids is 1. The summed E-state index contributed by atoms with van der Waals surface area (Å²) in [6.45, 7) is 5.97. The number of benzene rings is 2. The number of carbonyl (C=O) groups is 1. The van der Waals surface area contributed by atoms with Gasteiger partial charge in [0.25, 0.3) is 5.56 Å². The second-order valence-electron chi connectivity index (χ2n) is 7.68. The van der Waals surface area contributed by atoms with E-state index in [9.17, 15) is 9.59 Å². The minimum atomic E-state index is -0.335. The molecule has 0 unspecified atom stereocenters. The first-order valence-corrected chi connectivity index (χ1v) is 10.2. The van der Waals surface area contributed by atoms with E-state index in [-0.39, 0.29) is 18.2 Å². The predicted octanol–water partition coefficient (Wildman–Crippen LogP) is 4.84. The van der Waals surface area contributed by atoms with Gasteiger partial charge in [0.1, 0.15) is 18.0 Å². The highest BCUT2D eigenvalue weighted by Gasteiger charge is 2.09. The molecule has 0 radical (unpaired) electrons. The van der Waals surface area contributed by atoms with Gasteiger partial charge in [-0.2, -0.15) is 0 Å². The lowest BCUT2D eigenvalue weighted by atomic mass is 10.1. The number of hydrogen-bond acceptors (Lipinski definition) is 4. The van der Waals surface area contributed by atoms with Gasteiger partial charge >= 0.3 is 6.03 Å². The van der Waals surface area contributed by atoms with E-state index in [1.807, 2.05) is 57.2 Å². The van der Waals surface area contributed by atoms with Crippen molar-refractivity contribution in [3.63, 3.8) is 0 Å². The van der Waals surface area contributed by atoms with Gasteiger partial charge in [-0.1, -0.05) is 24.3 Å². The molecule has 0 saturated heterocycles. The van der Waals surface area contributed by atoms with Crippen molar-refractivity contribution in [3.05, 3.63) is 99.6 Å². The van der Waals surface area contributed by atoms with Crippen molar-refractivity contribution in [1.82, 2.24) is 9.38 Å². The summed E-state index contributed by atoms with van der Waals surface area (Å²) < 4.78 is 7.40. The number of aryl methyl sites for hydroxylation is 3. The van der Waals surface area contributed by atoms with Gasteiger partial charge in [0.2, 0.25) is 0 Å². The van der Waals surface area contributed by atoms with Gasteiger partial charge in [-0.3, -0.25) is 9.20 Å². The van der Waals surface area contributed by atoms with Crippen LogP contribution in [0.5, 0.6) is 5.75 Å². The molecule has 7 heteroatoms. The fourth-order valence-electron chi connectivity index (χ4n) is 3.32. The number of rotatable bonds is 5. The number of hydrogen-bond donors (Lipinski definition) is 2. The summed E-state index contributed by atoms with van der Waals surface area (Å²) in [6, 6.07) is 17.8. The zero-order valence-electron chi connectivity index (χ0n) is 18.2. The van der Waals surface area contributed by atoms with Gasteiger partial charge in [0, 0.05) is 29.7 Å². The number of nitrogens with one attached hydrogen (secondary N) is 2. The first-order chi connectivity index (χ1) is 15.4. The molecule has 7 nitrogen and oxygen atoms in total. The van der Waals surface area contributed by atoms with Crippen LogP contribution >= 0.6 is 0 Å². The van der Waals surface area contributed by atoms with Crippen LogP contribution in [0.3, 0.4) is 0 Å². The molecule has 0 spiro atoms. The first-order valence-electron chi connectivity index (χ1n) is 10.2. The smallest absolute Gasteiger partial charge is 0.323 e. The molecule has 0 aliphatic rings. The second-order valence-corrected chi connectivity index (χ2v) is 7.68. The van der Waals surface area contributed by atoms with Crippen LogP contribution in [0.25, 0.3) is 5.65 Å². The van der Waals surface area contributed by atoms with Crippen LogP contribution in [0.2, 0.25) is 0 Å². The number of fused-ring (bicyclic) bond motifs is 1. The second kappa shape index (κ2) is 8.93. The first kappa shape index (κ1) is 21.1. The predicted molar refractivity (Wildman–Crippen MR) is 126 cm³/mol. The van der Waals surface area contributed by atoms with Crippen molar-refractivity contribution in [2.75, 3.05) is 10.6 Å². The van der Waals surface area contributed by atoms with Crippen molar-refractivity contribution >= 4 is 23.1 Å². The highest BCUT2D eigenvalue weighted by molar-refractivity contribution is 6.00. The normalized spacial score (nSPS) is 10.7. The van der Waals surface area contributed by atoms with Crippen LogP contribution in [-0.4, -0.2) is 15.4 Å². The van der Waals surface area contributed by atoms with Crippen molar-refractivity contribution < 1.29 is 9.53 Å². The Kier molecular flexibility index (Phi) is 5.89. The molecule has 0 aliphatic heterocycles. The van der Waals surface area contributed by atoms with Crippen LogP contribution in [0.4, 0.5) is 16.2 Å². The number of amides is 2. The van der Waals surface area contributed by atoms with E-state index < -0.39 is 0 Å². The quantitative estimate of drug-likeness (QED) is 0.476. The van der Waals surface area contributed by atoms with E-state index in [0.717, 1.165) is 22.4 Å². The number of anilines is 2. The molecule has 4 aromatic rings. The van der Waals surface area contributed by atoms with Gasteiger partial charge in [-0.15, -0.1) is 0 Å². The third-order valence-corrected chi connectivity index (χ3v) is 5.09. The van der Waals surface area contributed by atoms with E-state index in [1.54, 1.807) is 24.4 Å². The SMILES string of the molecule is Cc1ccc(C)c(NC(=O)Nc2ccc(C)c(OCc3cc(=O)n4ccccc4n3)c2)c1. The number of ether oxygens (including phenoxy) is 1. The van der Waals surface area contributed by atoms with Crippen LogP contribution in [0.1, 0.15) is 22.4 Å². The molecule has 2 aromatic carbocycles. The third-order valence-electron chi connectivity index (χ3n) is 5.09. The Morgan fingerprint density at radius 1 is 0.969 bits per heavy atom. The lowest BCUT2D eigenvalue weighted by Crippen LogP contribution is -2.20. The summed E-state index contributed by atoms with van der Waals surface area (Å²) in [5.41, 5.74) is 5.25. The largest absolute Gasteiger partial charge is 0.487 e. The molecular weight excluding hydrogens is 404 g/mol. The fraction of sp³-hybridized carbons (Fsp3) is 0.160. The van der Waals surface area contributed by atoms with Gasteiger partial charge in [0.05, 0.1) is 5.69 Å². The monoisotopic (exact) mass is 428 g/mol. The van der Waals surface area contributed by atoms with Crippen molar-refractivity contribution in [3.8, 4) is 5.75 Å². The van der Waals surface area contributed by atoms with Gasteiger partial charge in [-0.05, 0) is 61.7 Å². The van der Waals surface area contributed by atoms with Gasteiger partial charge in [0.15, 0.2) is 0 Å². The summed E-state index contributed by atoms with van der Waals surface area (Å²) in [4.78, 5) is 29.2. The Bertz CT molecular complexity index is 1360. The van der Waals surface area contributed by atoms with Crippen molar-refractivity contribution in [2.45, 2.75) is 27.4 Å². The standard InChI is InChI=1S/C25H24N4O3/c1-16-7-8-17(2)21(12-16)28-25(31)27-19-10-9-18(3)22(13-19)32-15-20-14-24(30)29-11-5-4-6-23(29)26-20/h4-14H,15H2,1-3H3,(H2,27,28,31). The Morgan fingerprint density at radius 2 is 1.78 bits per heavy atom. The lowest BCUT2D eigenvalue weighted by Gasteiger charge is -2.13. The van der Waals surface area contributed by atoms with E-state index in [4.69, 9.17) is 4.74 Å². The molecule has 0 atom stereocenters. The highest BCUT2D eigenvalue weighted by atomic mass is 16.5. The zero-order chi connectivity index (χ0) is 22.7. The Hall–Kier alpha value is -4.13. The minimum Gasteiger partial charge on any atom is -0.487 e. The molecule has 0 fully saturated rings. The van der Waals surface area contributed by atoms with Gasteiger partial charge < -0.3 is 15.4 Å². The number of urea groups is 1. The van der Waals surface area contributed by atoms with Crippen molar-refractivity contribution in [2.24, 2.45) is 0 Å². The van der Waals surface area contributed by atoms with Crippen LogP contribution in [-0.2, 0) is 6.61 Å². The van der Waals surface area contributed by atoms with Gasteiger partial charge in [-0.25, -0.2) is 9.78 Å². The lowest BCUT2D eigenvalue weighted by molar-refractivity contribution is 0.262. The molecule has 2 N–H and O–H groups in total. The maximum absolute atomic E-state index is 12.5. The summed E-state index contributed by atoms with van der Waals surface area (Å²) in [6.07, 6.45) is 1.68. The summed E-state index contributed by atoms with van der Waals surface area (Å²) >= 11 is 0. The minimum absolute atomic E-state index is 0.139. The van der Waals surface area contributed by atoms with Crippen LogP contribution in [0.15, 0.2) is 71.7 Å². The molecular formula is C25H24N4O3. The van der Waals surface area contributed by atoms with E-state index in [0.29, 0.717) is 22.8 Å². The van der Waals surface area contributed by atoms with Crippen LogP contribution < -0.4 is 20.9 Å². The molecule has 2 amide bonds. The molecule has 0 aliphatic carbocycles. The van der Waals surface area contributed by atoms with Crippen LogP contribution in [0, 0.1) is 20.8 Å². The molecule has 0 saturated carbocycles. The summed E-state index contributed by atoms with van der Waals surface area (Å²) in [5, 5.41) is 5.71. The third kappa shape index (κ3) is 4.78. The Labute approximate surface area is 185 Å². The maximum atomic E-state index is 12.5. The molecule has 0 bridgehead atoms. The number of nitrogens with zero attached hydrogens (tertiary/aromatic N) is 2. The zero-order valence-corrected chi connectivity index (χ0v) is 18.2. The van der Waals surface area contributed by atoms with E-state index in [1.165, 1.54) is 10.5 Å². The molecule has 2 heterocycles. The highest BCUT2D eigenvalue weighted by Crippen LogP contribution is 2.24. The molecule has 2 aromatic heterocycles. The Balaban J connectivity index is 1.46. The number of aromatic nitrogens is 2. The average Bonchev–Trinajstić information content (AvgIpc) is 2.76. The topological polar surface area (TPSA) is 84.7 Å². The average molecular weight is 428 g/mol. The maximum Gasteiger partial charge on any atom is 0.323 e. The molecule has 4 rings (SSSR count). The van der Waals surface area contributed by atoms with Crippen molar-refractivity contribution in [1.29, 1.82) is 0 Å².